The van der Waals surface area contributed by atoms with E-state index in [-0.39, 0.29) is 29.9 Å². The van der Waals surface area contributed by atoms with Gasteiger partial charge in [-0.15, -0.1) is 0 Å². The van der Waals surface area contributed by atoms with Crippen LogP contribution < -0.4 is 11.1 Å². The summed E-state index contributed by atoms with van der Waals surface area (Å²) < 4.78 is 1.74. The number of aromatic nitrogens is 2. The quantitative estimate of drug-likeness (QED) is 0.692. The van der Waals surface area contributed by atoms with Crippen LogP contribution in [0.4, 0.5) is 5.69 Å². The number of halogens is 1. The van der Waals surface area contributed by atoms with Gasteiger partial charge in [0.25, 0.3) is 5.91 Å². The zero-order valence-corrected chi connectivity index (χ0v) is 16.6. The number of rotatable bonds is 3. The fourth-order valence-electron chi connectivity index (χ4n) is 3.30. The van der Waals surface area contributed by atoms with Gasteiger partial charge in [0.2, 0.25) is 5.91 Å². The first-order chi connectivity index (χ1) is 13.7. The maximum atomic E-state index is 12.7. The van der Waals surface area contributed by atoms with Crippen LogP contribution in [-0.2, 0) is 10.3 Å². The van der Waals surface area contributed by atoms with E-state index in [0.29, 0.717) is 10.7 Å². The smallest absolute Gasteiger partial charge is 0.274 e. The minimum absolute atomic E-state index is 0.113. The highest BCUT2D eigenvalue weighted by molar-refractivity contribution is 6.31. The maximum Gasteiger partial charge on any atom is 0.274 e. The highest BCUT2D eigenvalue weighted by Gasteiger charge is 2.36. The van der Waals surface area contributed by atoms with E-state index in [9.17, 15) is 9.59 Å². The van der Waals surface area contributed by atoms with Gasteiger partial charge in [-0.25, -0.2) is 9.98 Å². The van der Waals surface area contributed by atoms with E-state index in [0.717, 1.165) is 11.1 Å². The number of benzene rings is 1. The number of amides is 2. The number of hydrogen-bond acceptors (Lipinski definition) is 5. The molecular weight excluding hydrogens is 392 g/mol. The Morgan fingerprint density at radius 1 is 1.31 bits per heavy atom. The number of carbonyl (C=O) groups is 2. The van der Waals surface area contributed by atoms with E-state index in [1.54, 1.807) is 48.0 Å². The molecule has 2 aromatic heterocycles. The summed E-state index contributed by atoms with van der Waals surface area (Å²) in [5, 5.41) is 3.41. The average Bonchev–Trinajstić information content (AvgIpc) is 3.05. The zero-order valence-electron chi connectivity index (χ0n) is 15.9. The minimum atomic E-state index is -0.797. The van der Waals surface area contributed by atoms with Gasteiger partial charge in [0.05, 0.1) is 22.5 Å². The standard InChI is InChI=1S/C20H19ClN6O2/c1-20(9-17(28)26(2)19(22)25-20)12-4-3-5-14(6-12)24-18(29)16-8-15-7-13(21)10-27(15)11-23-16/h3-8,10-11H,9H2,1-2H3,(H2,22,25)(H,24,29). The van der Waals surface area contributed by atoms with Gasteiger partial charge in [0.15, 0.2) is 5.96 Å². The molecule has 9 heteroatoms. The second kappa shape index (κ2) is 6.89. The molecular formula is C20H19ClN6O2. The van der Waals surface area contributed by atoms with Crippen molar-refractivity contribution in [3.05, 3.63) is 65.2 Å². The lowest BCUT2D eigenvalue weighted by Gasteiger charge is -2.33. The van der Waals surface area contributed by atoms with Crippen LogP contribution in [0.5, 0.6) is 0 Å². The summed E-state index contributed by atoms with van der Waals surface area (Å²) in [7, 11) is 1.60. The van der Waals surface area contributed by atoms with Gasteiger partial charge in [-0.3, -0.25) is 14.5 Å². The molecule has 2 amide bonds. The molecule has 0 aliphatic carbocycles. The number of nitrogens with zero attached hydrogens (tertiary/aromatic N) is 4. The summed E-state index contributed by atoms with van der Waals surface area (Å²) in [6, 6.07) is 10.6. The lowest BCUT2D eigenvalue weighted by molar-refractivity contribution is -0.128. The molecule has 0 saturated heterocycles. The van der Waals surface area contributed by atoms with Crippen LogP contribution in [0.1, 0.15) is 29.4 Å². The molecule has 3 aromatic rings. The molecule has 8 nitrogen and oxygen atoms in total. The third-order valence-corrected chi connectivity index (χ3v) is 5.21. The van der Waals surface area contributed by atoms with Crippen molar-refractivity contribution in [2.45, 2.75) is 18.9 Å². The summed E-state index contributed by atoms with van der Waals surface area (Å²) in [6.45, 7) is 1.84. The Morgan fingerprint density at radius 3 is 2.86 bits per heavy atom. The molecule has 0 saturated carbocycles. The van der Waals surface area contributed by atoms with E-state index in [1.807, 2.05) is 13.0 Å². The monoisotopic (exact) mass is 410 g/mol. The van der Waals surface area contributed by atoms with E-state index in [2.05, 4.69) is 15.3 Å². The number of carbonyl (C=O) groups excluding carboxylic acids is 2. The number of nitrogens with two attached hydrogens (primary N) is 1. The largest absolute Gasteiger partial charge is 0.369 e. The number of anilines is 1. The molecule has 0 radical (unpaired) electrons. The molecule has 0 bridgehead atoms. The first kappa shape index (κ1) is 18.9. The molecule has 148 valence electrons. The zero-order chi connectivity index (χ0) is 20.8. The minimum Gasteiger partial charge on any atom is -0.369 e. The van der Waals surface area contributed by atoms with Gasteiger partial charge in [-0.05, 0) is 36.8 Å². The van der Waals surface area contributed by atoms with Crippen LogP contribution in [0.2, 0.25) is 5.02 Å². The SMILES string of the molecule is CN1C(=O)CC(C)(c2cccc(NC(=O)c3cc4cc(Cl)cn4cn3)c2)N=C1N. The van der Waals surface area contributed by atoms with Crippen molar-refractivity contribution < 1.29 is 9.59 Å². The Morgan fingerprint density at radius 2 is 2.10 bits per heavy atom. The predicted octanol–water partition coefficient (Wildman–Crippen LogP) is 2.63. The molecule has 0 spiro atoms. The normalized spacial score (nSPS) is 19.3. The Labute approximate surface area is 172 Å². The Hall–Kier alpha value is -3.39. The summed E-state index contributed by atoms with van der Waals surface area (Å²) in [4.78, 5) is 34.9. The second-order valence-electron chi connectivity index (χ2n) is 7.17. The molecule has 1 aromatic carbocycles. The van der Waals surface area contributed by atoms with Crippen LogP contribution in [0.3, 0.4) is 0 Å². The van der Waals surface area contributed by atoms with E-state index >= 15 is 0 Å². The van der Waals surface area contributed by atoms with Crippen LogP contribution in [-0.4, -0.2) is 39.1 Å². The molecule has 1 aliphatic rings. The van der Waals surface area contributed by atoms with Gasteiger partial charge in [0, 0.05) is 18.9 Å². The highest BCUT2D eigenvalue weighted by Crippen LogP contribution is 2.34. The molecule has 1 atom stereocenters. The van der Waals surface area contributed by atoms with Crippen molar-refractivity contribution in [3.63, 3.8) is 0 Å². The summed E-state index contributed by atoms with van der Waals surface area (Å²) in [6.07, 6.45) is 3.44. The van der Waals surface area contributed by atoms with Gasteiger partial charge < -0.3 is 15.5 Å². The number of aliphatic imine (C=N–C) groups is 1. The van der Waals surface area contributed by atoms with Crippen LogP contribution >= 0.6 is 11.6 Å². The van der Waals surface area contributed by atoms with Crippen molar-refractivity contribution in [1.29, 1.82) is 0 Å². The predicted molar refractivity (Wildman–Crippen MR) is 111 cm³/mol. The van der Waals surface area contributed by atoms with E-state index in [4.69, 9.17) is 17.3 Å². The molecule has 29 heavy (non-hydrogen) atoms. The summed E-state index contributed by atoms with van der Waals surface area (Å²) >= 11 is 5.98. The maximum absolute atomic E-state index is 12.7. The molecule has 3 heterocycles. The fourth-order valence-corrected chi connectivity index (χ4v) is 3.52. The molecule has 4 rings (SSSR count). The number of nitrogens with one attached hydrogen (secondary N) is 1. The van der Waals surface area contributed by atoms with Crippen LogP contribution in [0.15, 0.2) is 53.9 Å². The molecule has 0 fully saturated rings. The topological polar surface area (TPSA) is 105 Å². The third kappa shape index (κ3) is 3.54. The highest BCUT2D eigenvalue weighted by atomic mass is 35.5. The van der Waals surface area contributed by atoms with Crippen molar-refractivity contribution in [2.24, 2.45) is 10.7 Å². The fraction of sp³-hybridized carbons (Fsp3) is 0.200. The van der Waals surface area contributed by atoms with Crippen molar-refractivity contribution in [1.82, 2.24) is 14.3 Å². The van der Waals surface area contributed by atoms with Crippen LogP contribution in [0.25, 0.3) is 5.52 Å². The lowest BCUT2D eigenvalue weighted by atomic mass is 9.87. The van der Waals surface area contributed by atoms with Crippen LogP contribution in [0, 0.1) is 0 Å². The number of fused-ring (bicyclic) bond motifs is 1. The molecule has 1 aliphatic heterocycles. The first-order valence-electron chi connectivity index (χ1n) is 8.92. The molecule has 3 N–H and O–H groups in total. The third-order valence-electron chi connectivity index (χ3n) is 5.00. The van der Waals surface area contributed by atoms with Gasteiger partial charge in [0.1, 0.15) is 12.0 Å². The van der Waals surface area contributed by atoms with E-state index < -0.39 is 5.54 Å². The second-order valence-corrected chi connectivity index (χ2v) is 7.61. The summed E-state index contributed by atoms with van der Waals surface area (Å²) in [5.41, 5.74) is 7.48. The summed E-state index contributed by atoms with van der Waals surface area (Å²) in [5.74, 6) is -0.297. The Balaban J connectivity index is 1.60. The van der Waals surface area contributed by atoms with E-state index in [1.165, 1.54) is 11.2 Å². The number of guanidine groups is 1. The van der Waals surface area contributed by atoms with Gasteiger partial charge in [-0.2, -0.15) is 0 Å². The average molecular weight is 411 g/mol. The van der Waals surface area contributed by atoms with Crippen molar-refractivity contribution in [2.75, 3.05) is 12.4 Å². The lowest BCUT2D eigenvalue weighted by Crippen LogP contribution is -2.47. The van der Waals surface area contributed by atoms with Crippen molar-refractivity contribution >= 4 is 40.6 Å². The Kier molecular flexibility index (Phi) is 4.50. The van der Waals surface area contributed by atoms with Gasteiger partial charge >= 0.3 is 0 Å². The van der Waals surface area contributed by atoms with Gasteiger partial charge in [-0.1, -0.05) is 23.7 Å². The number of hydrogen-bond donors (Lipinski definition) is 2. The molecule has 1 unspecified atom stereocenters. The van der Waals surface area contributed by atoms with Crippen molar-refractivity contribution in [3.8, 4) is 0 Å². The first-order valence-corrected chi connectivity index (χ1v) is 9.30. The Bertz CT molecular complexity index is 1170.